The lowest BCUT2D eigenvalue weighted by molar-refractivity contribution is 0.146. The van der Waals surface area contributed by atoms with Crippen molar-refractivity contribution in [1.82, 2.24) is 0 Å². The Morgan fingerprint density at radius 2 is 1.85 bits per heavy atom. The molecule has 0 unspecified atom stereocenters. The van der Waals surface area contributed by atoms with Crippen LogP contribution in [0.5, 0.6) is 11.5 Å². The fourth-order valence-corrected chi connectivity index (χ4v) is 2.30. The first kappa shape index (κ1) is 22.3. The van der Waals surface area contributed by atoms with E-state index in [2.05, 4.69) is 10.3 Å². The monoisotopic (exact) mass is 491 g/mol. The van der Waals surface area contributed by atoms with Crippen molar-refractivity contribution in [2.24, 2.45) is 10.7 Å². The molecule has 8 heteroatoms. The van der Waals surface area contributed by atoms with Crippen molar-refractivity contribution in [1.29, 1.82) is 0 Å². The van der Waals surface area contributed by atoms with Crippen LogP contribution in [0.2, 0.25) is 5.02 Å². The molecule has 0 amide bonds. The molecule has 0 atom stereocenters. The molecule has 0 aliphatic carbocycles. The van der Waals surface area contributed by atoms with Gasteiger partial charge in [-0.1, -0.05) is 23.7 Å². The van der Waals surface area contributed by atoms with Crippen molar-refractivity contribution >= 4 is 47.2 Å². The molecule has 0 fully saturated rings. The summed E-state index contributed by atoms with van der Waals surface area (Å²) < 4.78 is 15.6. The first-order valence-electron chi connectivity index (χ1n) is 7.73. The Labute approximate surface area is 175 Å². The van der Waals surface area contributed by atoms with E-state index in [4.69, 9.17) is 31.5 Å². The maximum absolute atomic E-state index is 6.08. The van der Waals surface area contributed by atoms with Crippen LogP contribution in [-0.4, -0.2) is 33.4 Å². The minimum Gasteiger partial charge on any atom is -0.495 e. The van der Waals surface area contributed by atoms with Crippen LogP contribution in [0.1, 0.15) is 5.56 Å². The van der Waals surface area contributed by atoms with Gasteiger partial charge in [0, 0.05) is 12.8 Å². The second kappa shape index (κ2) is 11.8. The van der Waals surface area contributed by atoms with E-state index in [-0.39, 0.29) is 24.0 Å². The van der Waals surface area contributed by atoms with E-state index in [1.54, 1.807) is 26.4 Å². The topological polar surface area (TPSA) is 78.1 Å². The minimum atomic E-state index is 0. The zero-order valence-corrected chi connectivity index (χ0v) is 17.8. The largest absolute Gasteiger partial charge is 0.495 e. The van der Waals surface area contributed by atoms with Crippen molar-refractivity contribution in [2.75, 3.05) is 32.8 Å². The van der Waals surface area contributed by atoms with Gasteiger partial charge in [0.25, 0.3) is 0 Å². The number of benzene rings is 2. The molecule has 6 nitrogen and oxygen atoms in total. The van der Waals surface area contributed by atoms with Gasteiger partial charge < -0.3 is 25.3 Å². The highest BCUT2D eigenvalue weighted by atomic mass is 127. The van der Waals surface area contributed by atoms with Gasteiger partial charge in [0.15, 0.2) is 5.96 Å². The number of anilines is 1. The van der Waals surface area contributed by atoms with E-state index < -0.39 is 0 Å². The Kier molecular flexibility index (Phi) is 10.2. The van der Waals surface area contributed by atoms with Crippen LogP contribution in [0.15, 0.2) is 47.5 Å². The first-order valence-corrected chi connectivity index (χ1v) is 8.11. The number of hydrogen-bond acceptors (Lipinski definition) is 4. The Bertz CT molecular complexity index is 711. The Morgan fingerprint density at radius 1 is 1.12 bits per heavy atom. The van der Waals surface area contributed by atoms with Crippen molar-refractivity contribution in [3.05, 3.63) is 53.1 Å². The van der Waals surface area contributed by atoms with Crippen LogP contribution in [0.4, 0.5) is 5.69 Å². The number of halogens is 2. The second-order valence-corrected chi connectivity index (χ2v) is 5.57. The average molecular weight is 492 g/mol. The zero-order chi connectivity index (χ0) is 18.1. The van der Waals surface area contributed by atoms with E-state index in [9.17, 15) is 0 Å². The Hall–Kier alpha value is -1.71. The molecule has 0 aliphatic rings. The molecule has 2 aromatic rings. The summed E-state index contributed by atoms with van der Waals surface area (Å²) in [4.78, 5) is 4.32. The standard InChI is InChI=1S/C18H22ClN3O3.HI/c1-23-9-10-25-15-6-3-13(4-7-15)12-21-18(20)22-14-5-8-17(24-2)16(19)11-14;/h3-8,11H,9-10,12H2,1-2H3,(H3,20,21,22);1H. The predicted octanol–water partition coefficient (Wildman–Crippen LogP) is 3.92. The molecule has 0 saturated heterocycles. The zero-order valence-electron chi connectivity index (χ0n) is 14.7. The van der Waals surface area contributed by atoms with Crippen molar-refractivity contribution in [3.63, 3.8) is 0 Å². The molecule has 0 bridgehead atoms. The van der Waals surface area contributed by atoms with E-state index in [0.717, 1.165) is 17.0 Å². The highest BCUT2D eigenvalue weighted by Gasteiger charge is 2.03. The number of hydrogen-bond donors (Lipinski definition) is 2. The molecule has 26 heavy (non-hydrogen) atoms. The number of nitrogens with zero attached hydrogens (tertiary/aromatic N) is 1. The molecule has 2 rings (SSSR count). The quantitative estimate of drug-likeness (QED) is 0.253. The van der Waals surface area contributed by atoms with Gasteiger partial charge in [0.05, 0.1) is 25.3 Å². The van der Waals surface area contributed by atoms with E-state index >= 15 is 0 Å². The summed E-state index contributed by atoms with van der Waals surface area (Å²) in [5.74, 6) is 1.71. The number of rotatable bonds is 8. The maximum Gasteiger partial charge on any atom is 0.193 e. The maximum atomic E-state index is 6.08. The van der Waals surface area contributed by atoms with Gasteiger partial charge >= 0.3 is 0 Å². The van der Waals surface area contributed by atoms with Crippen LogP contribution < -0.4 is 20.5 Å². The number of nitrogens with one attached hydrogen (secondary N) is 1. The molecular weight excluding hydrogens is 469 g/mol. The minimum absolute atomic E-state index is 0. The summed E-state index contributed by atoms with van der Waals surface area (Å²) in [6.45, 7) is 1.54. The summed E-state index contributed by atoms with van der Waals surface area (Å²) in [5.41, 5.74) is 7.68. The van der Waals surface area contributed by atoms with Crippen molar-refractivity contribution in [2.45, 2.75) is 6.54 Å². The van der Waals surface area contributed by atoms with Gasteiger partial charge in [0.2, 0.25) is 0 Å². The second-order valence-electron chi connectivity index (χ2n) is 5.16. The van der Waals surface area contributed by atoms with Crippen LogP contribution in [0.25, 0.3) is 0 Å². The van der Waals surface area contributed by atoms with Gasteiger partial charge in [-0.25, -0.2) is 4.99 Å². The van der Waals surface area contributed by atoms with Crippen molar-refractivity contribution in [3.8, 4) is 11.5 Å². The smallest absolute Gasteiger partial charge is 0.193 e. The average Bonchev–Trinajstić information content (AvgIpc) is 2.61. The van der Waals surface area contributed by atoms with Crippen LogP contribution >= 0.6 is 35.6 Å². The summed E-state index contributed by atoms with van der Waals surface area (Å²) in [6.07, 6.45) is 0. The summed E-state index contributed by atoms with van der Waals surface area (Å²) in [5, 5.41) is 3.50. The molecule has 0 saturated carbocycles. The highest BCUT2D eigenvalue weighted by molar-refractivity contribution is 14.0. The highest BCUT2D eigenvalue weighted by Crippen LogP contribution is 2.27. The third kappa shape index (κ3) is 7.27. The summed E-state index contributed by atoms with van der Waals surface area (Å²) in [6, 6.07) is 13.0. The third-order valence-electron chi connectivity index (χ3n) is 3.34. The van der Waals surface area contributed by atoms with Gasteiger partial charge in [-0.2, -0.15) is 0 Å². The first-order chi connectivity index (χ1) is 12.1. The molecule has 0 spiro atoms. The SMILES string of the molecule is COCCOc1ccc(CN=C(N)Nc2ccc(OC)c(Cl)c2)cc1.I. The molecule has 142 valence electrons. The molecule has 2 aromatic carbocycles. The number of aliphatic imine (C=N–C) groups is 1. The summed E-state index contributed by atoms with van der Waals surface area (Å²) >= 11 is 6.08. The number of ether oxygens (including phenoxy) is 3. The molecule has 0 radical (unpaired) electrons. The lowest BCUT2D eigenvalue weighted by Gasteiger charge is -2.09. The molecule has 0 heterocycles. The molecular formula is C18H23ClIN3O3. The van der Waals surface area contributed by atoms with E-state index in [1.165, 1.54) is 0 Å². The van der Waals surface area contributed by atoms with Crippen LogP contribution in [-0.2, 0) is 11.3 Å². The third-order valence-corrected chi connectivity index (χ3v) is 3.63. The number of guanidine groups is 1. The van der Waals surface area contributed by atoms with Crippen LogP contribution in [0.3, 0.4) is 0 Å². The van der Waals surface area contributed by atoms with E-state index in [0.29, 0.717) is 36.5 Å². The Morgan fingerprint density at radius 3 is 2.46 bits per heavy atom. The van der Waals surface area contributed by atoms with Gasteiger partial charge in [0.1, 0.15) is 18.1 Å². The number of methoxy groups -OCH3 is 2. The lowest BCUT2D eigenvalue weighted by Crippen LogP contribution is -2.22. The van der Waals surface area contributed by atoms with Gasteiger partial charge in [-0.3, -0.25) is 0 Å². The lowest BCUT2D eigenvalue weighted by atomic mass is 10.2. The molecule has 0 aromatic heterocycles. The van der Waals surface area contributed by atoms with Crippen molar-refractivity contribution < 1.29 is 14.2 Å². The fraction of sp³-hybridized carbons (Fsp3) is 0.278. The fourth-order valence-electron chi connectivity index (χ4n) is 2.04. The molecule has 0 aliphatic heterocycles. The predicted molar refractivity (Wildman–Crippen MR) is 116 cm³/mol. The van der Waals surface area contributed by atoms with E-state index in [1.807, 2.05) is 30.3 Å². The van der Waals surface area contributed by atoms with Gasteiger partial charge in [-0.15, -0.1) is 24.0 Å². The Balaban J connectivity index is 0.00000338. The summed E-state index contributed by atoms with van der Waals surface area (Å²) in [7, 11) is 3.21. The number of nitrogens with two attached hydrogens (primary N) is 1. The van der Waals surface area contributed by atoms with Crippen LogP contribution in [0, 0.1) is 0 Å². The molecule has 3 N–H and O–H groups in total. The van der Waals surface area contributed by atoms with Gasteiger partial charge in [-0.05, 0) is 35.9 Å². The normalized spacial score (nSPS) is 10.8.